The Morgan fingerprint density at radius 1 is 0.389 bits per heavy atom. The minimum Gasteiger partial charge on any atom is -0.462 e. The molecule has 0 amide bonds. The van der Waals surface area contributed by atoms with E-state index >= 15 is 0 Å². The van der Waals surface area contributed by atoms with Crippen LogP contribution in [0.15, 0.2) is 0 Å². The van der Waals surface area contributed by atoms with Gasteiger partial charge in [0.05, 0.1) is 39.6 Å². The van der Waals surface area contributed by atoms with Crippen molar-refractivity contribution < 1.29 is 71.4 Å². The zero-order valence-corrected chi connectivity index (χ0v) is 20.9. The number of carbonyl (C=O) groups is 6. The number of ether oxygens (including phenoxy) is 9. The van der Waals surface area contributed by atoms with Crippen molar-refractivity contribution >= 4 is 35.8 Å². The van der Waals surface area contributed by atoms with Crippen LogP contribution in [0.4, 0.5) is 0 Å². The first-order chi connectivity index (χ1) is 17.0. The van der Waals surface area contributed by atoms with Crippen molar-refractivity contribution in [2.24, 2.45) is 0 Å². The Morgan fingerprint density at radius 3 is 0.639 bits per heavy atom. The fourth-order valence-corrected chi connectivity index (χ4v) is 2.78. The molecule has 0 aromatic carbocycles. The molecule has 0 saturated carbocycles. The lowest BCUT2D eigenvalue weighted by atomic mass is 10.1. The van der Waals surface area contributed by atoms with E-state index in [4.69, 9.17) is 42.6 Å². The molecule has 0 spiro atoms. The zero-order valence-electron chi connectivity index (χ0n) is 20.9. The summed E-state index contributed by atoms with van der Waals surface area (Å²) in [4.78, 5) is 78.6. The van der Waals surface area contributed by atoms with E-state index in [-0.39, 0.29) is 39.6 Å². The minimum absolute atomic E-state index is 0.384. The fraction of sp³-hybridized carbons (Fsp3) is 0.714. The van der Waals surface area contributed by atoms with E-state index in [2.05, 4.69) is 0 Å². The first kappa shape index (κ1) is 30.7. The molecular formula is C21H30O15. The van der Waals surface area contributed by atoms with Gasteiger partial charge in [-0.2, -0.15) is 0 Å². The van der Waals surface area contributed by atoms with E-state index in [1.54, 1.807) is 0 Å². The third-order valence-electron chi connectivity index (χ3n) is 4.13. The van der Waals surface area contributed by atoms with Crippen molar-refractivity contribution in [1.82, 2.24) is 0 Å². The normalized spacial score (nSPS) is 17.2. The Morgan fingerprint density at radius 2 is 0.528 bits per heavy atom. The average molecular weight is 522 g/mol. The Bertz CT molecular complexity index is 673. The van der Waals surface area contributed by atoms with E-state index in [0.717, 1.165) is 0 Å². The van der Waals surface area contributed by atoms with Crippen molar-refractivity contribution in [3.63, 3.8) is 0 Å². The van der Waals surface area contributed by atoms with Gasteiger partial charge in [0.25, 0.3) is 0 Å². The molecule has 0 atom stereocenters. The Kier molecular flexibility index (Phi) is 11.2. The van der Waals surface area contributed by atoms with Crippen molar-refractivity contribution in [2.45, 2.75) is 58.9 Å². The van der Waals surface area contributed by atoms with Gasteiger partial charge in [0.1, 0.15) is 0 Å². The lowest BCUT2D eigenvalue weighted by molar-refractivity contribution is -0.448. The van der Waals surface area contributed by atoms with Gasteiger partial charge in [0, 0.05) is 0 Å². The summed E-state index contributed by atoms with van der Waals surface area (Å²) < 4.78 is 44.9. The molecule has 15 nitrogen and oxygen atoms in total. The summed E-state index contributed by atoms with van der Waals surface area (Å²) in [6.45, 7) is 5.72. The van der Waals surface area contributed by atoms with Crippen LogP contribution in [0.25, 0.3) is 0 Å². The van der Waals surface area contributed by atoms with Crippen LogP contribution in [0.1, 0.15) is 41.5 Å². The van der Waals surface area contributed by atoms with Gasteiger partial charge in [-0.05, 0) is 41.5 Å². The maximum Gasteiger partial charge on any atom is 0.379 e. The zero-order chi connectivity index (χ0) is 27.6. The highest BCUT2D eigenvalue weighted by Crippen LogP contribution is 2.43. The number of rotatable bonds is 12. The highest BCUT2D eigenvalue weighted by molar-refractivity contribution is 6.10. The molecule has 0 unspecified atom stereocenters. The monoisotopic (exact) mass is 522 g/mol. The number of carbonyl (C=O) groups excluding carboxylic acids is 6. The quantitative estimate of drug-likeness (QED) is 0.181. The van der Waals surface area contributed by atoms with Crippen LogP contribution < -0.4 is 0 Å². The summed E-state index contributed by atoms with van der Waals surface area (Å²) >= 11 is 0. The minimum atomic E-state index is -3.57. The third-order valence-corrected chi connectivity index (χ3v) is 4.13. The van der Waals surface area contributed by atoms with E-state index in [9.17, 15) is 28.8 Å². The molecular weight excluding hydrogens is 492 g/mol. The lowest BCUT2D eigenvalue weighted by Crippen LogP contribution is -2.77. The van der Waals surface area contributed by atoms with Crippen molar-refractivity contribution in [1.29, 1.82) is 0 Å². The number of esters is 6. The van der Waals surface area contributed by atoms with Gasteiger partial charge in [-0.25, -0.2) is 28.8 Å². The van der Waals surface area contributed by atoms with Crippen LogP contribution in [0, 0.1) is 0 Å². The molecule has 0 aromatic heterocycles. The molecule has 0 aromatic rings. The first-order valence-electron chi connectivity index (χ1n) is 11.1. The fourth-order valence-electron chi connectivity index (χ4n) is 2.78. The molecule has 0 aliphatic carbocycles. The highest BCUT2D eigenvalue weighted by atomic mass is 16.9. The third kappa shape index (κ3) is 5.74. The van der Waals surface area contributed by atoms with E-state index < -0.39 is 53.2 Å². The molecule has 0 radical (unpaired) electrons. The molecule has 36 heavy (non-hydrogen) atoms. The molecule has 1 aliphatic heterocycles. The molecule has 1 aliphatic rings. The van der Waals surface area contributed by atoms with Gasteiger partial charge in [-0.1, -0.05) is 0 Å². The number of hydrogen-bond acceptors (Lipinski definition) is 15. The second kappa shape index (κ2) is 13.1. The maximum absolute atomic E-state index is 13.1. The SMILES string of the molecule is CCOC(=O)C1(C(=O)OCC)OC(C(=O)OCC)(C(=O)OCC)OC(C(=O)OCC)(C(=O)OCC)O1. The number of hydrogen-bond donors (Lipinski definition) is 0. The van der Waals surface area contributed by atoms with Gasteiger partial charge in [0.15, 0.2) is 0 Å². The molecule has 1 fully saturated rings. The molecule has 1 heterocycles. The van der Waals surface area contributed by atoms with Crippen molar-refractivity contribution in [2.75, 3.05) is 39.6 Å². The molecule has 1 saturated heterocycles. The van der Waals surface area contributed by atoms with Crippen LogP contribution in [0.2, 0.25) is 0 Å². The lowest BCUT2D eigenvalue weighted by Gasteiger charge is -2.47. The highest BCUT2D eigenvalue weighted by Gasteiger charge is 2.78. The molecule has 15 heteroatoms. The van der Waals surface area contributed by atoms with Crippen LogP contribution >= 0.6 is 0 Å². The van der Waals surface area contributed by atoms with Crippen molar-refractivity contribution in [3.8, 4) is 0 Å². The van der Waals surface area contributed by atoms with Crippen LogP contribution in [-0.4, -0.2) is 92.8 Å². The second-order valence-corrected chi connectivity index (χ2v) is 6.48. The maximum atomic E-state index is 13.1. The molecule has 0 bridgehead atoms. The van der Waals surface area contributed by atoms with Crippen molar-refractivity contribution in [3.05, 3.63) is 0 Å². The summed E-state index contributed by atoms with van der Waals surface area (Å²) in [6, 6.07) is 0. The van der Waals surface area contributed by atoms with Gasteiger partial charge in [0.2, 0.25) is 0 Å². The predicted molar refractivity (Wildman–Crippen MR) is 111 cm³/mol. The Labute approximate surface area is 206 Å². The van der Waals surface area contributed by atoms with Gasteiger partial charge >= 0.3 is 53.2 Å². The van der Waals surface area contributed by atoms with E-state index in [1.807, 2.05) is 0 Å². The standard InChI is InChI=1S/C21H30O15/c1-7-28-13(22)19(14(23)29-8-2)34-20(15(24)30-9-3,16(25)31-10-4)36-21(35-19,17(26)32-11-5)18(27)33-12-6/h7-12H2,1-6H3. The van der Waals surface area contributed by atoms with E-state index in [0.29, 0.717) is 0 Å². The van der Waals surface area contributed by atoms with Crippen LogP contribution in [0.3, 0.4) is 0 Å². The van der Waals surface area contributed by atoms with Crippen LogP contribution in [-0.2, 0) is 71.4 Å². The molecule has 0 N–H and O–H groups in total. The average Bonchev–Trinajstić information content (AvgIpc) is 2.84. The van der Waals surface area contributed by atoms with Gasteiger partial charge in [-0.15, -0.1) is 0 Å². The molecule has 1 rings (SSSR count). The largest absolute Gasteiger partial charge is 0.462 e. The molecule has 204 valence electrons. The summed E-state index contributed by atoms with van der Waals surface area (Å²) in [5.41, 5.74) is 0. The Balaban J connectivity index is 4.16. The predicted octanol–water partition coefficient (Wildman–Crippen LogP) is -0.483. The first-order valence-corrected chi connectivity index (χ1v) is 11.1. The summed E-state index contributed by atoms with van der Waals surface area (Å²) in [7, 11) is 0. The summed E-state index contributed by atoms with van der Waals surface area (Å²) in [5, 5.41) is 0. The summed E-state index contributed by atoms with van der Waals surface area (Å²) in [6.07, 6.45) is 0. The Hall–Kier alpha value is -3.30. The van der Waals surface area contributed by atoms with E-state index in [1.165, 1.54) is 41.5 Å². The van der Waals surface area contributed by atoms with Gasteiger partial charge in [-0.3, -0.25) is 14.2 Å². The topological polar surface area (TPSA) is 185 Å². The van der Waals surface area contributed by atoms with Gasteiger partial charge < -0.3 is 28.4 Å². The summed E-state index contributed by atoms with van der Waals surface area (Å²) in [5.74, 6) is -20.9. The second-order valence-electron chi connectivity index (χ2n) is 6.48. The smallest absolute Gasteiger partial charge is 0.379 e. The van der Waals surface area contributed by atoms with Crippen LogP contribution in [0.5, 0.6) is 0 Å².